The monoisotopic (exact) mass is 197 g/mol. The average molecular weight is 197 g/mol. The van der Waals surface area contributed by atoms with E-state index in [1.807, 2.05) is 5.32 Å². The normalized spacial score (nSPS) is 11.8. The highest BCUT2D eigenvalue weighted by molar-refractivity contribution is 7.46. The standard InChI is InChI=1S/C4H8NO6P/c6-4(7)5-2-1-3-11-12(8,9)10/h1-2,5H,3H2,(H,6,7)(H2,8,9,10). The Hall–Kier alpha value is -0.880. The van der Waals surface area contributed by atoms with E-state index in [0.717, 1.165) is 12.3 Å². The molecule has 0 radical (unpaired) electrons. The van der Waals surface area contributed by atoms with E-state index in [4.69, 9.17) is 14.9 Å². The Morgan fingerprint density at radius 3 is 2.58 bits per heavy atom. The van der Waals surface area contributed by atoms with Crippen molar-refractivity contribution < 1.29 is 28.8 Å². The Kier molecular flexibility index (Phi) is 4.53. The first-order valence-corrected chi connectivity index (χ1v) is 4.29. The van der Waals surface area contributed by atoms with Crippen LogP contribution in [0.15, 0.2) is 12.3 Å². The molecule has 0 rings (SSSR count). The van der Waals surface area contributed by atoms with E-state index in [9.17, 15) is 9.36 Å². The second-order valence-corrected chi connectivity index (χ2v) is 2.88. The molecule has 70 valence electrons. The molecule has 7 nitrogen and oxygen atoms in total. The van der Waals surface area contributed by atoms with Gasteiger partial charge in [0.05, 0.1) is 6.61 Å². The highest BCUT2D eigenvalue weighted by Crippen LogP contribution is 2.35. The molecular formula is C4H8NO6P. The van der Waals surface area contributed by atoms with E-state index in [-0.39, 0.29) is 6.61 Å². The zero-order valence-corrected chi connectivity index (χ0v) is 6.77. The van der Waals surface area contributed by atoms with E-state index in [1.54, 1.807) is 0 Å². The molecule has 0 aliphatic heterocycles. The maximum atomic E-state index is 10.0. The van der Waals surface area contributed by atoms with Gasteiger partial charge >= 0.3 is 13.9 Å². The van der Waals surface area contributed by atoms with E-state index >= 15 is 0 Å². The number of hydrogen-bond acceptors (Lipinski definition) is 3. The van der Waals surface area contributed by atoms with E-state index in [0.29, 0.717) is 0 Å². The highest BCUT2D eigenvalue weighted by atomic mass is 31.2. The van der Waals surface area contributed by atoms with Gasteiger partial charge in [-0.2, -0.15) is 0 Å². The summed E-state index contributed by atoms with van der Waals surface area (Å²) in [5, 5.41) is 9.85. The van der Waals surface area contributed by atoms with Gasteiger partial charge in [0.15, 0.2) is 0 Å². The molecule has 4 N–H and O–H groups in total. The molecule has 0 saturated carbocycles. The molecule has 0 aliphatic rings. The summed E-state index contributed by atoms with van der Waals surface area (Å²) in [6, 6.07) is 0. The van der Waals surface area contributed by atoms with Crippen LogP contribution in [0.2, 0.25) is 0 Å². The minimum Gasteiger partial charge on any atom is -0.465 e. The van der Waals surface area contributed by atoms with Crippen LogP contribution in [0, 0.1) is 0 Å². The second-order valence-electron chi connectivity index (χ2n) is 1.64. The first-order chi connectivity index (χ1) is 5.42. The Balaban J connectivity index is 3.50. The van der Waals surface area contributed by atoms with Gasteiger partial charge in [0, 0.05) is 6.20 Å². The van der Waals surface area contributed by atoms with Crippen molar-refractivity contribution in [3.05, 3.63) is 12.3 Å². The third-order valence-electron chi connectivity index (χ3n) is 0.664. The minimum absolute atomic E-state index is 0.357. The second kappa shape index (κ2) is 4.89. The summed E-state index contributed by atoms with van der Waals surface area (Å²) in [5.41, 5.74) is 0. The number of carboxylic acid groups (broad SMARTS) is 1. The Morgan fingerprint density at radius 1 is 1.58 bits per heavy atom. The molecule has 0 spiro atoms. The van der Waals surface area contributed by atoms with Crippen LogP contribution in [0.5, 0.6) is 0 Å². The molecule has 1 amide bonds. The zero-order chi connectivity index (χ0) is 9.61. The van der Waals surface area contributed by atoms with Gasteiger partial charge in [0.25, 0.3) is 0 Å². The van der Waals surface area contributed by atoms with Gasteiger partial charge in [-0.3, -0.25) is 9.84 Å². The molecule has 0 fully saturated rings. The molecule has 0 aromatic rings. The van der Waals surface area contributed by atoms with Crippen LogP contribution < -0.4 is 5.32 Å². The van der Waals surface area contributed by atoms with Crippen LogP contribution >= 0.6 is 7.82 Å². The smallest absolute Gasteiger partial charge is 0.465 e. The van der Waals surface area contributed by atoms with Gasteiger partial charge in [-0.1, -0.05) is 0 Å². The lowest BCUT2D eigenvalue weighted by atomic mass is 10.6. The van der Waals surface area contributed by atoms with Crippen molar-refractivity contribution in [2.24, 2.45) is 0 Å². The van der Waals surface area contributed by atoms with Crippen molar-refractivity contribution in [1.82, 2.24) is 5.32 Å². The summed E-state index contributed by atoms with van der Waals surface area (Å²) in [4.78, 5) is 26.1. The average Bonchev–Trinajstić information content (AvgIpc) is 1.83. The highest BCUT2D eigenvalue weighted by Gasteiger charge is 2.11. The van der Waals surface area contributed by atoms with Gasteiger partial charge in [-0.25, -0.2) is 9.36 Å². The molecule has 0 aliphatic carbocycles. The fourth-order valence-corrected chi connectivity index (χ4v) is 0.599. The lowest BCUT2D eigenvalue weighted by Gasteiger charge is -2.00. The number of rotatable bonds is 4. The Morgan fingerprint density at radius 2 is 2.17 bits per heavy atom. The minimum atomic E-state index is -4.46. The summed E-state index contributed by atoms with van der Waals surface area (Å²) in [5.74, 6) is 0. The van der Waals surface area contributed by atoms with Gasteiger partial charge in [0.2, 0.25) is 0 Å². The fourth-order valence-electron chi connectivity index (χ4n) is 0.318. The summed E-state index contributed by atoms with van der Waals surface area (Å²) < 4.78 is 14.0. The van der Waals surface area contributed by atoms with Crippen molar-refractivity contribution in [3.8, 4) is 0 Å². The number of nitrogens with one attached hydrogen (secondary N) is 1. The van der Waals surface area contributed by atoms with Crippen molar-refractivity contribution in [2.45, 2.75) is 0 Å². The number of carbonyl (C=O) groups is 1. The topological polar surface area (TPSA) is 116 Å². The van der Waals surface area contributed by atoms with Crippen LogP contribution in [0.25, 0.3) is 0 Å². The quantitative estimate of drug-likeness (QED) is 0.466. The molecule has 8 heteroatoms. The molecule has 0 saturated heterocycles. The van der Waals surface area contributed by atoms with E-state index < -0.39 is 13.9 Å². The van der Waals surface area contributed by atoms with Gasteiger partial charge < -0.3 is 14.9 Å². The van der Waals surface area contributed by atoms with Crippen LogP contribution in [-0.2, 0) is 9.09 Å². The zero-order valence-electron chi connectivity index (χ0n) is 5.88. The fraction of sp³-hybridized carbons (Fsp3) is 0.250. The van der Waals surface area contributed by atoms with E-state index in [1.165, 1.54) is 0 Å². The molecular weight excluding hydrogens is 189 g/mol. The molecule has 0 aromatic carbocycles. The third-order valence-corrected chi connectivity index (χ3v) is 1.15. The van der Waals surface area contributed by atoms with Crippen LogP contribution in [0.4, 0.5) is 4.79 Å². The van der Waals surface area contributed by atoms with Crippen LogP contribution in [0.1, 0.15) is 0 Å². The summed E-state index contributed by atoms with van der Waals surface area (Å²) >= 11 is 0. The maximum absolute atomic E-state index is 10.0. The lowest BCUT2D eigenvalue weighted by Crippen LogP contribution is -2.12. The molecule has 0 heterocycles. The Bertz CT molecular complexity index is 220. The number of phosphoric ester groups is 1. The summed E-state index contributed by atoms with van der Waals surface area (Å²) in [6.45, 7) is -0.357. The first kappa shape index (κ1) is 11.1. The van der Waals surface area contributed by atoms with Crippen LogP contribution in [0.3, 0.4) is 0 Å². The predicted octanol–water partition coefficient (Wildman–Crippen LogP) is -0.123. The summed E-state index contributed by atoms with van der Waals surface area (Å²) in [7, 11) is -4.46. The molecule has 12 heavy (non-hydrogen) atoms. The van der Waals surface area contributed by atoms with Gasteiger partial charge in [0.1, 0.15) is 0 Å². The first-order valence-electron chi connectivity index (χ1n) is 2.76. The van der Waals surface area contributed by atoms with Gasteiger partial charge in [-0.05, 0) is 6.08 Å². The van der Waals surface area contributed by atoms with E-state index in [2.05, 4.69) is 4.52 Å². The third kappa shape index (κ3) is 9.12. The maximum Gasteiger partial charge on any atom is 0.469 e. The van der Waals surface area contributed by atoms with Crippen molar-refractivity contribution >= 4 is 13.9 Å². The molecule has 0 unspecified atom stereocenters. The van der Waals surface area contributed by atoms with Gasteiger partial charge in [-0.15, -0.1) is 0 Å². The lowest BCUT2D eigenvalue weighted by molar-refractivity contribution is 0.198. The Labute approximate surface area is 67.9 Å². The summed E-state index contributed by atoms with van der Waals surface area (Å²) in [6.07, 6.45) is 0.855. The van der Waals surface area contributed by atoms with Crippen LogP contribution in [-0.4, -0.2) is 27.6 Å². The molecule has 0 bridgehead atoms. The molecule has 0 aromatic heterocycles. The van der Waals surface area contributed by atoms with Crippen molar-refractivity contribution in [2.75, 3.05) is 6.61 Å². The largest absolute Gasteiger partial charge is 0.469 e. The van der Waals surface area contributed by atoms with Crippen molar-refractivity contribution in [3.63, 3.8) is 0 Å². The van der Waals surface area contributed by atoms with Crippen molar-refractivity contribution in [1.29, 1.82) is 0 Å². The molecule has 0 atom stereocenters. The number of phosphoric acid groups is 1. The SMILES string of the molecule is O=C(O)NC=CCOP(=O)(O)O. The number of hydrogen-bond donors (Lipinski definition) is 4. The predicted molar refractivity (Wildman–Crippen MR) is 38.3 cm³/mol. The number of amides is 1.